The van der Waals surface area contributed by atoms with Crippen molar-refractivity contribution in [1.82, 2.24) is 15.3 Å². The Morgan fingerprint density at radius 3 is 2.52 bits per heavy atom. The molecule has 0 amide bonds. The monoisotopic (exact) mass is 391 g/mol. The number of rotatable bonds is 4. The Balaban J connectivity index is 1.40. The maximum absolute atomic E-state index is 13.2. The summed E-state index contributed by atoms with van der Waals surface area (Å²) in [6.07, 6.45) is 5.59. The molecule has 1 N–H and O–H groups in total. The van der Waals surface area contributed by atoms with Gasteiger partial charge in [0.05, 0.1) is 24.0 Å². The zero-order valence-corrected chi connectivity index (χ0v) is 15.8. The van der Waals surface area contributed by atoms with Gasteiger partial charge in [-0.15, -0.1) is 0 Å². The van der Waals surface area contributed by atoms with Crippen LogP contribution in [0, 0.1) is 5.82 Å². The number of hydrogen-bond donors (Lipinski definition) is 1. The molecular formula is C19H23ClFN5O. The van der Waals surface area contributed by atoms with Gasteiger partial charge in [-0.3, -0.25) is 0 Å². The van der Waals surface area contributed by atoms with Crippen molar-refractivity contribution < 1.29 is 9.13 Å². The largest absolute Gasteiger partial charge is 0.487 e. The first-order valence-corrected chi connectivity index (χ1v) is 9.71. The van der Waals surface area contributed by atoms with E-state index < -0.39 is 0 Å². The van der Waals surface area contributed by atoms with Crippen LogP contribution < -0.4 is 19.9 Å². The summed E-state index contributed by atoms with van der Waals surface area (Å²) in [5.41, 5.74) is 0. The third-order valence-electron chi connectivity index (χ3n) is 4.96. The quantitative estimate of drug-likeness (QED) is 0.864. The smallest absolute Gasteiger partial charge is 0.147 e. The van der Waals surface area contributed by atoms with Crippen molar-refractivity contribution in [2.24, 2.45) is 0 Å². The maximum atomic E-state index is 13.2. The molecule has 1 aromatic heterocycles. The number of piperidine rings is 1. The van der Waals surface area contributed by atoms with Gasteiger partial charge in [0.2, 0.25) is 0 Å². The zero-order valence-electron chi connectivity index (χ0n) is 15.1. The van der Waals surface area contributed by atoms with E-state index in [-0.39, 0.29) is 11.9 Å². The Hall–Kier alpha value is -2.12. The van der Waals surface area contributed by atoms with Crippen molar-refractivity contribution in [1.29, 1.82) is 0 Å². The molecule has 2 saturated heterocycles. The maximum Gasteiger partial charge on any atom is 0.147 e. The van der Waals surface area contributed by atoms with Gasteiger partial charge in [0.25, 0.3) is 0 Å². The summed E-state index contributed by atoms with van der Waals surface area (Å²) in [5, 5.41) is 3.64. The van der Waals surface area contributed by atoms with Crippen LogP contribution in [0.25, 0.3) is 0 Å². The van der Waals surface area contributed by atoms with Gasteiger partial charge in [-0.05, 0) is 31.0 Å². The molecule has 3 heterocycles. The van der Waals surface area contributed by atoms with Gasteiger partial charge in [-0.1, -0.05) is 11.6 Å². The third-order valence-corrected chi connectivity index (χ3v) is 5.25. The van der Waals surface area contributed by atoms with Crippen LogP contribution in [0.3, 0.4) is 0 Å². The van der Waals surface area contributed by atoms with Crippen molar-refractivity contribution >= 4 is 23.2 Å². The second-order valence-electron chi connectivity index (χ2n) is 6.87. The van der Waals surface area contributed by atoms with E-state index in [0.717, 1.165) is 57.2 Å². The van der Waals surface area contributed by atoms with Crippen molar-refractivity contribution in [3.8, 4) is 5.75 Å². The molecule has 4 rings (SSSR count). The van der Waals surface area contributed by atoms with Gasteiger partial charge < -0.3 is 19.9 Å². The highest BCUT2D eigenvalue weighted by molar-refractivity contribution is 6.32. The van der Waals surface area contributed by atoms with Gasteiger partial charge >= 0.3 is 0 Å². The molecule has 2 fully saturated rings. The number of hydrogen-bond acceptors (Lipinski definition) is 6. The topological polar surface area (TPSA) is 53.5 Å². The number of halogens is 2. The summed E-state index contributed by atoms with van der Waals surface area (Å²) in [4.78, 5) is 13.6. The molecule has 2 aromatic rings. The zero-order chi connectivity index (χ0) is 18.6. The minimum Gasteiger partial charge on any atom is -0.487 e. The molecule has 0 bridgehead atoms. The Bertz CT molecular complexity index is 769. The number of anilines is 2. The molecule has 6 nitrogen and oxygen atoms in total. The fourth-order valence-electron chi connectivity index (χ4n) is 3.53. The van der Waals surface area contributed by atoms with E-state index in [2.05, 4.69) is 25.1 Å². The lowest BCUT2D eigenvalue weighted by atomic mass is 10.1. The van der Waals surface area contributed by atoms with E-state index >= 15 is 0 Å². The van der Waals surface area contributed by atoms with Gasteiger partial charge in [-0.25, -0.2) is 14.4 Å². The highest BCUT2D eigenvalue weighted by atomic mass is 35.5. The molecule has 0 saturated carbocycles. The van der Waals surface area contributed by atoms with Crippen molar-refractivity contribution in [3.05, 3.63) is 41.4 Å². The Kier molecular flexibility index (Phi) is 5.59. The van der Waals surface area contributed by atoms with Gasteiger partial charge in [0.1, 0.15) is 29.3 Å². The molecule has 0 spiro atoms. The predicted molar refractivity (Wildman–Crippen MR) is 104 cm³/mol. The van der Waals surface area contributed by atoms with E-state index in [9.17, 15) is 4.39 Å². The number of ether oxygens (including phenoxy) is 1. The second kappa shape index (κ2) is 8.27. The second-order valence-corrected chi connectivity index (χ2v) is 7.28. The summed E-state index contributed by atoms with van der Waals surface area (Å²) < 4.78 is 19.2. The van der Waals surface area contributed by atoms with Gasteiger partial charge in [0.15, 0.2) is 0 Å². The van der Waals surface area contributed by atoms with Gasteiger partial charge in [0, 0.05) is 32.7 Å². The number of nitrogens with zero attached hydrogens (tertiary/aromatic N) is 4. The summed E-state index contributed by atoms with van der Waals surface area (Å²) in [6.45, 7) is 5.47. The molecule has 2 aliphatic heterocycles. The van der Waals surface area contributed by atoms with Crippen LogP contribution in [0.5, 0.6) is 5.75 Å². The molecule has 8 heteroatoms. The average molecular weight is 392 g/mol. The third kappa shape index (κ3) is 4.42. The molecular weight excluding hydrogens is 369 g/mol. The molecule has 0 radical (unpaired) electrons. The van der Waals surface area contributed by atoms with E-state index in [1.54, 1.807) is 6.07 Å². The molecule has 1 aromatic carbocycles. The lowest BCUT2D eigenvalue weighted by Crippen LogP contribution is -2.44. The first-order valence-electron chi connectivity index (χ1n) is 9.33. The van der Waals surface area contributed by atoms with Crippen LogP contribution in [0.2, 0.25) is 5.02 Å². The molecule has 1 atom stereocenters. The standard InChI is InChI=1S/C19H23ClFN5O/c20-16-10-14(21)3-4-17(16)27-15-2-1-7-26(13-15)19-12-23-18(11-24-19)25-8-5-22-6-9-25/h3-4,10-12,15,22H,1-2,5-9,13H2. The van der Waals surface area contributed by atoms with Crippen LogP contribution in [0.4, 0.5) is 16.0 Å². The SMILES string of the molecule is Fc1ccc(OC2CCCN(c3cnc(N4CCNCC4)cn3)C2)c(Cl)c1. The first-order chi connectivity index (χ1) is 13.2. The summed E-state index contributed by atoms with van der Waals surface area (Å²) in [6, 6.07) is 4.22. The molecule has 0 aliphatic carbocycles. The molecule has 2 aliphatic rings. The van der Waals surface area contributed by atoms with E-state index in [1.807, 2.05) is 12.4 Å². The average Bonchev–Trinajstić information content (AvgIpc) is 2.71. The molecule has 144 valence electrons. The summed E-state index contributed by atoms with van der Waals surface area (Å²) in [7, 11) is 0. The number of piperazine rings is 1. The lowest BCUT2D eigenvalue weighted by Gasteiger charge is -2.34. The Morgan fingerprint density at radius 1 is 1.07 bits per heavy atom. The van der Waals surface area contributed by atoms with Crippen LogP contribution in [0.1, 0.15) is 12.8 Å². The van der Waals surface area contributed by atoms with E-state index in [1.165, 1.54) is 12.1 Å². The highest BCUT2D eigenvalue weighted by Gasteiger charge is 2.23. The minimum absolute atomic E-state index is 0.0173. The van der Waals surface area contributed by atoms with Crippen LogP contribution in [-0.2, 0) is 0 Å². The van der Waals surface area contributed by atoms with Crippen LogP contribution >= 0.6 is 11.6 Å². The lowest BCUT2D eigenvalue weighted by molar-refractivity contribution is 0.179. The van der Waals surface area contributed by atoms with Crippen LogP contribution in [0.15, 0.2) is 30.6 Å². The molecule has 1 unspecified atom stereocenters. The number of benzene rings is 1. The predicted octanol–water partition coefficient (Wildman–Crippen LogP) is 2.73. The van der Waals surface area contributed by atoms with E-state index in [4.69, 9.17) is 16.3 Å². The first kappa shape index (κ1) is 18.3. The molecule has 27 heavy (non-hydrogen) atoms. The summed E-state index contributed by atoms with van der Waals surface area (Å²) in [5.74, 6) is 1.93. The van der Waals surface area contributed by atoms with Gasteiger partial charge in [-0.2, -0.15) is 0 Å². The summed E-state index contributed by atoms with van der Waals surface area (Å²) >= 11 is 6.08. The van der Waals surface area contributed by atoms with Crippen molar-refractivity contribution in [3.63, 3.8) is 0 Å². The fourth-order valence-corrected chi connectivity index (χ4v) is 3.74. The van der Waals surface area contributed by atoms with E-state index in [0.29, 0.717) is 17.3 Å². The van der Waals surface area contributed by atoms with Crippen molar-refractivity contribution in [2.75, 3.05) is 49.1 Å². The minimum atomic E-state index is -0.363. The number of aromatic nitrogens is 2. The Morgan fingerprint density at radius 2 is 1.81 bits per heavy atom. The normalized spacial score (nSPS) is 20.6. The fraction of sp³-hybridized carbons (Fsp3) is 0.474. The van der Waals surface area contributed by atoms with Crippen molar-refractivity contribution in [2.45, 2.75) is 18.9 Å². The Labute approximate surface area is 163 Å². The highest BCUT2D eigenvalue weighted by Crippen LogP contribution is 2.28. The van der Waals surface area contributed by atoms with Crippen LogP contribution in [-0.4, -0.2) is 55.3 Å². The number of nitrogens with one attached hydrogen (secondary N) is 1.